The summed E-state index contributed by atoms with van der Waals surface area (Å²) in [6.07, 6.45) is 2.08. The summed E-state index contributed by atoms with van der Waals surface area (Å²) in [5.41, 5.74) is 5.63. The number of nitrogens with two attached hydrogens (primary N) is 1. The standard InChI is InChI=1S/C9H20N2O2S/c1-8(2,3)14(12,13)11-7-9(6-10)4-5-9/h11H,4-7,10H2,1-3H3. The first kappa shape index (κ1) is 11.9. The van der Waals surface area contributed by atoms with E-state index in [1.165, 1.54) is 0 Å². The second kappa shape index (κ2) is 3.47. The van der Waals surface area contributed by atoms with Crippen molar-refractivity contribution in [3.8, 4) is 0 Å². The second-order valence-corrected chi connectivity index (χ2v) is 7.66. The van der Waals surface area contributed by atoms with Crippen molar-refractivity contribution in [1.82, 2.24) is 4.72 Å². The summed E-state index contributed by atoms with van der Waals surface area (Å²) in [7, 11) is -3.21. The summed E-state index contributed by atoms with van der Waals surface area (Å²) in [5, 5.41) is 0. The molecule has 0 unspecified atom stereocenters. The van der Waals surface area contributed by atoms with E-state index in [2.05, 4.69) is 4.72 Å². The van der Waals surface area contributed by atoms with Gasteiger partial charge in [0.15, 0.2) is 0 Å². The van der Waals surface area contributed by atoms with Crippen molar-refractivity contribution in [3.63, 3.8) is 0 Å². The van der Waals surface area contributed by atoms with Crippen LogP contribution in [0.5, 0.6) is 0 Å². The number of hydrogen-bond acceptors (Lipinski definition) is 3. The molecule has 0 spiro atoms. The molecule has 1 rings (SSSR count). The maximum atomic E-state index is 11.7. The molecule has 0 amide bonds. The summed E-state index contributed by atoms with van der Waals surface area (Å²) in [6, 6.07) is 0. The molecule has 4 nitrogen and oxygen atoms in total. The molecule has 0 aromatic rings. The number of hydrogen-bond donors (Lipinski definition) is 2. The van der Waals surface area contributed by atoms with Crippen LogP contribution >= 0.6 is 0 Å². The van der Waals surface area contributed by atoms with Crippen molar-refractivity contribution >= 4 is 10.0 Å². The minimum atomic E-state index is -3.21. The van der Waals surface area contributed by atoms with Crippen LogP contribution in [0, 0.1) is 5.41 Å². The van der Waals surface area contributed by atoms with Gasteiger partial charge < -0.3 is 5.73 Å². The molecular weight excluding hydrogens is 200 g/mol. The van der Waals surface area contributed by atoms with E-state index in [0.717, 1.165) is 12.8 Å². The fourth-order valence-electron chi connectivity index (χ4n) is 1.09. The summed E-state index contributed by atoms with van der Waals surface area (Å²) in [4.78, 5) is 0. The Bertz CT molecular complexity index is 299. The second-order valence-electron chi connectivity index (χ2n) is 5.14. The predicted octanol–water partition coefficient (Wildman–Crippen LogP) is 0.443. The third kappa shape index (κ3) is 2.46. The third-order valence-electron chi connectivity index (χ3n) is 2.83. The lowest BCUT2D eigenvalue weighted by Crippen LogP contribution is -2.43. The Kier molecular flexibility index (Phi) is 2.96. The van der Waals surface area contributed by atoms with Gasteiger partial charge in [-0.2, -0.15) is 0 Å². The summed E-state index contributed by atoms with van der Waals surface area (Å²) in [6.45, 7) is 6.13. The van der Waals surface area contributed by atoms with E-state index >= 15 is 0 Å². The van der Waals surface area contributed by atoms with Crippen LogP contribution in [-0.2, 0) is 10.0 Å². The SMILES string of the molecule is CC(C)(C)S(=O)(=O)NCC1(CN)CC1. The normalized spacial score (nSPS) is 20.9. The van der Waals surface area contributed by atoms with Crippen LogP contribution in [0.3, 0.4) is 0 Å². The number of sulfonamides is 1. The largest absolute Gasteiger partial charge is 0.330 e. The quantitative estimate of drug-likeness (QED) is 0.722. The van der Waals surface area contributed by atoms with Crippen molar-refractivity contribution in [2.45, 2.75) is 38.4 Å². The van der Waals surface area contributed by atoms with Gasteiger partial charge in [-0.25, -0.2) is 13.1 Å². The zero-order valence-corrected chi connectivity index (χ0v) is 9.95. The van der Waals surface area contributed by atoms with Gasteiger partial charge in [0.25, 0.3) is 0 Å². The molecule has 0 aromatic heterocycles. The highest BCUT2D eigenvalue weighted by Crippen LogP contribution is 2.43. The van der Waals surface area contributed by atoms with Crippen molar-refractivity contribution in [2.24, 2.45) is 11.1 Å². The molecule has 1 saturated carbocycles. The molecule has 1 aliphatic rings. The lowest BCUT2D eigenvalue weighted by molar-refractivity contribution is 0.488. The molecule has 0 radical (unpaired) electrons. The Labute approximate surface area is 86.3 Å². The van der Waals surface area contributed by atoms with Gasteiger partial charge in [0, 0.05) is 6.54 Å². The third-order valence-corrected chi connectivity index (χ3v) is 4.97. The van der Waals surface area contributed by atoms with Crippen molar-refractivity contribution in [2.75, 3.05) is 13.1 Å². The monoisotopic (exact) mass is 220 g/mol. The van der Waals surface area contributed by atoms with Crippen molar-refractivity contribution in [3.05, 3.63) is 0 Å². The molecular formula is C9H20N2O2S. The Balaban J connectivity index is 2.54. The highest BCUT2D eigenvalue weighted by Gasteiger charge is 2.42. The van der Waals surface area contributed by atoms with Gasteiger partial charge in [-0.1, -0.05) is 0 Å². The van der Waals surface area contributed by atoms with Crippen molar-refractivity contribution in [1.29, 1.82) is 0 Å². The van der Waals surface area contributed by atoms with E-state index in [4.69, 9.17) is 5.73 Å². The smallest absolute Gasteiger partial charge is 0.216 e. The van der Waals surface area contributed by atoms with E-state index in [0.29, 0.717) is 13.1 Å². The maximum absolute atomic E-state index is 11.7. The van der Waals surface area contributed by atoms with Crippen LogP contribution in [0.4, 0.5) is 0 Å². The van der Waals surface area contributed by atoms with Crippen LogP contribution in [0.25, 0.3) is 0 Å². The molecule has 0 atom stereocenters. The van der Waals surface area contributed by atoms with Crippen molar-refractivity contribution < 1.29 is 8.42 Å². The van der Waals surface area contributed by atoms with E-state index in [1.54, 1.807) is 20.8 Å². The van der Waals surface area contributed by atoms with E-state index < -0.39 is 14.8 Å². The molecule has 0 bridgehead atoms. The lowest BCUT2D eigenvalue weighted by Gasteiger charge is -2.22. The van der Waals surface area contributed by atoms with Crippen LogP contribution in [0.15, 0.2) is 0 Å². The van der Waals surface area contributed by atoms with E-state index in [9.17, 15) is 8.42 Å². The van der Waals surface area contributed by atoms with E-state index in [1.807, 2.05) is 0 Å². The Hall–Kier alpha value is -0.130. The topological polar surface area (TPSA) is 72.2 Å². The van der Waals surface area contributed by atoms with Crippen LogP contribution < -0.4 is 10.5 Å². The lowest BCUT2D eigenvalue weighted by atomic mass is 10.1. The van der Waals surface area contributed by atoms with Gasteiger partial charge in [-0.15, -0.1) is 0 Å². The fourth-order valence-corrected chi connectivity index (χ4v) is 2.02. The molecule has 5 heteroatoms. The van der Waals surface area contributed by atoms with Gasteiger partial charge in [0.2, 0.25) is 10.0 Å². The van der Waals surface area contributed by atoms with Gasteiger partial charge in [-0.3, -0.25) is 0 Å². The zero-order chi connectivity index (χ0) is 11.0. The molecule has 0 aromatic carbocycles. The Morgan fingerprint density at radius 2 is 1.86 bits per heavy atom. The summed E-state index contributed by atoms with van der Waals surface area (Å²) >= 11 is 0. The summed E-state index contributed by atoms with van der Waals surface area (Å²) in [5.74, 6) is 0. The molecule has 84 valence electrons. The van der Waals surface area contributed by atoms with Gasteiger partial charge >= 0.3 is 0 Å². The zero-order valence-electron chi connectivity index (χ0n) is 9.13. The number of rotatable bonds is 4. The van der Waals surface area contributed by atoms with Gasteiger partial charge in [0.05, 0.1) is 4.75 Å². The molecule has 3 N–H and O–H groups in total. The molecule has 0 saturated heterocycles. The minimum Gasteiger partial charge on any atom is -0.330 e. The first-order chi connectivity index (χ1) is 6.22. The first-order valence-corrected chi connectivity index (χ1v) is 6.40. The average Bonchev–Trinajstić information content (AvgIpc) is 2.80. The van der Waals surface area contributed by atoms with Crippen LogP contribution in [0.2, 0.25) is 0 Å². The van der Waals surface area contributed by atoms with Crippen LogP contribution in [-0.4, -0.2) is 26.3 Å². The number of nitrogens with one attached hydrogen (secondary N) is 1. The Morgan fingerprint density at radius 1 is 1.36 bits per heavy atom. The van der Waals surface area contributed by atoms with E-state index in [-0.39, 0.29) is 5.41 Å². The minimum absolute atomic E-state index is 0.0539. The fraction of sp³-hybridized carbons (Fsp3) is 1.00. The molecule has 1 aliphatic carbocycles. The van der Waals surface area contributed by atoms with Gasteiger partial charge in [-0.05, 0) is 45.6 Å². The first-order valence-electron chi connectivity index (χ1n) is 4.92. The molecule has 1 fully saturated rings. The van der Waals surface area contributed by atoms with Crippen LogP contribution in [0.1, 0.15) is 33.6 Å². The highest BCUT2D eigenvalue weighted by molar-refractivity contribution is 7.90. The molecule has 14 heavy (non-hydrogen) atoms. The Morgan fingerprint density at radius 3 is 2.14 bits per heavy atom. The average molecular weight is 220 g/mol. The molecule has 0 heterocycles. The maximum Gasteiger partial charge on any atom is 0.216 e. The van der Waals surface area contributed by atoms with Gasteiger partial charge in [0.1, 0.15) is 0 Å². The highest BCUT2D eigenvalue weighted by atomic mass is 32.2. The molecule has 0 aliphatic heterocycles. The predicted molar refractivity (Wildman–Crippen MR) is 57.4 cm³/mol. The summed E-state index contributed by atoms with van der Waals surface area (Å²) < 4.78 is 25.3.